The highest BCUT2D eigenvalue weighted by molar-refractivity contribution is 5.80. The zero-order valence-corrected chi connectivity index (χ0v) is 18.7. The Labute approximate surface area is 177 Å². The van der Waals surface area contributed by atoms with Crippen LogP contribution in [0.15, 0.2) is 29.3 Å². The highest BCUT2D eigenvalue weighted by Gasteiger charge is 2.22. The number of guanidine groups is 1. The normalized spacial score (nSPS) is 19.7. The molecule has 0 bridgehead atoms. The largest absolute Gasteiger partial charge is 0.378 e. The summed E-state index contributed by atoms with van der Waals surface area (Å²) in [5.41, 5.74) is 2.80. The number of nitrogens with zero attached hydrogens (tertiary/aromatic N) is 3. The van der Waals surface area contributed by atoms with Gasteiger partial charge in [0.15, 0.2) is 5.96 Å². The molecule has 1 N–H and O–H groups in total. The van der Waals surface area contributed by atoms with Crippen molar-refractivity contribution in [1.29, 1.82) is 0 Å². The maximum Gasteiger partial charge on any atom is 0.193 e. The molecule has 1 aliphatic carbocycles. The van der Waals surface area contributed by atoms with Crippen molar-refractivity contribution in [2.45, 2.75) is 77.1 Å². The monoisotopic (exact) mass is 400 g/mol. The van der Waals surface area contributed by atoms with Crippen molar-refractivity contribution in [2.75, 3.05) is 33.8 Å². The molecule has 1 saturated heterocycles. The van der Waals surface area contributed by atoms with Crippen molar-refractivity contribution in [1.82, 2.24) is 15.1 Å². The molecule has 1 aromatic carbocycles. The molecule has 29 heavy (non-hydrogen) atoms. The van der Waals surface area contributed by atoms with E-state index in [0.29, 0.717) is 6.10 Å². The smallest absolute Gasteiger partial charge is 0.193 e. The molecule has 1 aromatic rings. The average molecular weight is 401 g/mol. The van der Waals surface area contributed by atoms with Crippen molar-refractivity contribution in [2.24, 2.45) is 4.99 Å². The first-order valence-electron chi connectivity index (χ1n) is 11.6. The van der Waals surface area contributed by atoms with Crippen LogP contribution in [0.5, 0.6) is 0 Å². The SMILES string of the molecule is CCOC1CCN(C(=NC)NCc2ccccc2CN(C)C2CCCCC2)CC1. The van der Waals surface area contributed by atoms with E-state index in [9.17, 15) is 0 Å². The topological polar surface area (TPSA) is 40.1 Å². The lowest BCUT2D eigenvalue weighted by Crippen LogP contribution is -2.46. The number of rotatable bonds is 7. The third-order valence-corrected chi connectivity index (χ3v) is 6.53. The van der Waals surface area contributed by atoms with E-state index < -0.39 is 0 Å². The predicted octanol–water partition coefficient (Wildman–Crippen LogP) is 4.03. The number of aliphatic imine (C=N–C) groups is 1. The van der Waals surface area contributed by atoms with Gasteiger partial charge in [0, 0.05) is 45.9 Å². The number of hydrogen-bond donors (Lipinski definition) is 1. The summed E-state index contributed by atoms with van der Waals surface area (Å²) >= 11 is 0. The Hall–Kier alpha value is -1.59. The van der Waals surface area contributed by atoms with Gasteiger partial charge in [0.25, 0.3) is 0 Å². The number of nitrogens with one attached hydrogen (secondary N) is 1. The van der Waals surface area contributed by atoms with Crippen LogP contribution in [-0.2, 0) is 17.8 Å². The van der Waals surface area contributed by atoms with Gasteiger partial charge >= 0.3 is 0 Å². The molecule has 0 amide bonds. The Bertz CT molecular complexity index is 634. The molecule has 0 aromatic heterocycles. The molecule has 5 nitrogen and oxygen atoms in total. The van der Waals surface area contributed by atoms with Gasteiger partial charge in [-0.3, -0.25) is 9.89 Å². The van der Waals surface area contributed by atoms with Gasteiger partial charge in [0.1, 0.15) is 0 Å². The molecule has 5 heteroatoms. The Balaban J connectivity index is 1.54. The zero-order chi connectivity index (χ0) is 20.5. The molecular weight excluding hydrogens is 360 g/mol. The van der Waals surface area contributed by atoms with Gasteiger partial charge < -0.3 is 15.0 Å². The number of hydrogen-bond acceptors (Lipinski definition) is 3. The molecule has 1 aliphatic heterocycles. The highest BCUT2D eigenvalue weighted by Crippen LogP contribution is 2.23. The standard InChI is InChI=1S/C24H40N4O/c1-4-29-23-14-16-28(17-15-23)24(25-2)26-18-20-10-8-9-11-21(20)19-27(3)22-12-6-5-7-13-22/h8-11,22-23H,4-7,12-19H2,1-3H3,(H,25,26). The van der Waals surface area contributed by atoms with Crippen LogP contribution in [0.25, 0.3) is 0 Å². The molecule has 0 unspecified atom stereocenters. The number of ether oxygens (including phenoxy) is 1. The Kier molecular flexibility index (Phi) is 8.81. The van der Waals surface area contributed by atoms with Crippen molar-refractivity contribution in [3.8, 4) is 0 Å². The second-order valence-corrected chi connectivity index (χ2v) is 8.52. The summed E-state index contributed by atoms with van der Waals surface area (Å²) < 4.78 is 5.78. The molecule has 0 spiro atoms. The minimum atomic E-state index is 0.408. The molecule has 0 radical (unpaired) electrons. The first-order chi connectivity index (χ1) is 14.2. The van der Waals surface area contributed by atoms with E-state index in [-0.39, 0.29) is 0 Å². The van der Waals surface area contributed by atoms with Gasteiger partial charge in [-0.1, -0.05) is 43.5 Å². The third-order valence-electron chi connectivity index (χ3n) is 6.53. The molecule has 0 atom stereocenters. The van der Waals surface area contributed by atoms with Crippen LogP contribution in [0.2, 0.25) is 0 Å². The summed E-state index contributed by atoms with van der Waals surface area (Å²) in [5, 5.41) is 3.61. The lowest BCUT2D eigenvalue weighted by atomic mass is 9.94. The summed E-state index contributed by atoms with van der Waals surface area (Å²) in [7, 11) is 4.18. The molecule has 162 valence electrons. The average Bonchev–Trinajstić information content (AvgIpc) is 2.77. The molecule has 1 heterocycles. The van der Waals surface area contributed by atoms with Crippen LogP contribution < -0.4 is 5.32 Å². The van der Waals surface area contributed by atoms with Crippen molar-refractivity contribution in [3.63, 3.8) is 0 Å². The number of piperidine rings is 1. The first-order valence-corrected chi connectivity index (χ1v) is 11.6. The molecular formula is C24H40N4O. The zero-order valence-electron chi connectivity index (χ0n) is 18.7. The summed E-state index contributed by atoms with van der Waals surface area (Å²) in [5.74, 6) is 1.01. The predicted molar refractivity (Wildman–Crippen MR) is 121 cm³/mol. The van der Waals surface area contributed by atoms with Crippen LogP contribution in [0.3, 0.4) is 0 Å². The molecule has 1 saturated carbocycles. The van der Waals surface area contributed by atoms with Crippen LogP contribution in [0.4, 0.5) is 0 Å². The fourth-order valence-corrected chi connectivity index (χ4v) is 4.78. The van der Waals surface area contributed by atoms with E-state index in [1.54, 1.807) is 0 Å². The minimum Gasteiger partial charge on any atom is -0.378 e. The van der Waals surface area contributed by atoms with Crippen molar-refractivity contribution < 1.29 is 4.74 Å². The summed E-state index contributed by atoms with van der Waals surface area (Å²) in [4.78, 5) is 9.47. The van der Waals surface area contributed by atoms with Gasteiger partial charge in [0.2, 0.25) is 0 Å². The Morgan fingerprint density at radius 1 is 1.10 bits per heavy atom. The van der Waals surface area contributed by atoms with Crippen molar-refractivity contribution >= 4 is 5.96 Å². The lowest BCUT2D eigenvalue weighted by molar-refractivity contribution is 0.0263. The summed E-state index contributed by atoms with van der Waals surface area (Å²) in [6.45, 7) is 6.76. The highest BCUT2D eigenvalue weighted by atomic mass is 16.5. The molecule has 2 aliphatic rings. The summed E-state index contributed by atoms with van der Waals surface area (Å²) in [6.07, 6.45) is 9.44. The second kappa shape index (κ2) is 11.6. The van der Waals surface area contributed by atoms with Gasteiger partial charge in [-0.2, -0.15) is 0 Å². The Morgan fingerprint density at radius 3 is 2.45 bits per heavy atom. The third kappa shape index (κ3) is 6.45. The van der Waals surface area contributed by atoms with Crippen LogP contribution in [0, 0.1) is 0 Å². The fourth-order valence-electron chi connectivity index (χ4n) is 4.78. The quantitative estimate of drug-likeness (QED) is 0.554. The molecule has 2 fully saturated rings. The van der Waals surface area contributed by atoms with E-state index in [0.717, 1.165) is 57.6 Å². The van der Waals surface area contributed by atoms with E-state index in [4.69, 9.17) is 4.74 Å². The minimum absolute atomic E-state index is 0.408. The van der Waals surface area contributed by atoms with Gasteiger partial charge in [0.05, 0.1) is 6.10 Å². The van der Waals surface area contributed by atoms with Crippen LogP contribution in [0.1, 0.15) is 63.0 Å². The molecule has 3 rings (SSSR count). The van der Waals surface area contributed by atoms with Crippen LogP contribution in [-0.4, -0.2) is 61.7 Å². The van der Waals surface area contributed by atoms with E-state index in [1.165, 1.54) is 43.2 Å². The maximum atomic E-state index is 5.78. The maximum absolute atomic E-state index is 5.78. The van der Waals surface area contributed by atoms with Gasteiger partial charge in [-0.05, 0) is 50.8 Å². The number of likely N-dealkylation sites (tertiary alicyclic amines) is 1. The number of benzene rings is 1. The Morgan fingerprint density at radius 2 is 1.79 bits per heavy atom. The van der Waals surface area contributed by atoms with Crippen LogP contribution >= 0.6 is 0 Å². The van der Waals surface area contributed by atoms with E-state index >= 15 is 0 Å². The van der Waals surface area contributed by atoms with E-state index in [2.05, 4.69) is 58.3 Å². The van der Waals surface area contributed by atoms with E-state index in [1.807, 2.05) is 7.05 Å². The first kappa shape index (κ1) is 22.1. The second-order valence-electron chi connectivity index (χ2n) is 8.52. The van der Waals surface area contributed by atoms with Gasteiger partial charge in [-0.15, -0.1) is 0 Å². The fraction of sp³-hybridized carbons (Fsp3) is 0.708. The van der Waals surface area contributed by atoms with Gasteiger partial charge in [-0.25, -0.2) is 0 Å². The van der Waals surface area contributed by atoms with Crippen molar-refractivity contribution in [3.05, 3.63) is 35.4 Å². The lowest BCUT2D eigenvalue weighted by Gasteiger charge is -2.34. The summed E-state index contributed by atoms with van der Waals surface area (Å²) in [6, 6.07) is 9.60.